The Kier molecular flexibility index (Phi) is 8.03. The van der Waals surface area contributed by atoms with Crippen LogP contribution in [0.2, 0.25) is 10.0 Å². The third-order valence-electron chi connectivity index (χ3n) is 5.11. The highest BCUT2D eigenvalue weighted by molar-refractivity contribution is 9.11. The first kappa shape index (κ1) is 26.9. The Morgan fingerprint density at radius 1 is 1.03 bits per heavy atom. The van der Waals surface area contributed by atoms with Crippen LogP contribution < -0.4 is 19.7 Å². The number of hydrogen-bond donors (Lipinski definition) is 1. The first-order valence-corrected chi connectivity index (χ1v) is 12.7. The van der Waals surface area contributed by atoms with Crippen molar-refractivity contribution in [3.8, 4) is 11.5 Å². The summed E-state index contributed by atoms with van der Waals surface area (Å²) in [6, 6.07) is 12.9. The van der Waals surface area contributed by atoms with E-state index in [1.54, 1.807) is 24.3 Å². The van der Waals surface area contributed by atoms with Gasteiger partial charge in [0.05, 0.1) is 27.9 Å². The first-order chi connectivity index (χ1) is 17.6. The van der Waals surface area contributed by atoms with Gasteiger partial charge in [-0.25, -0.2) is 14.5 Å². The Morgan fingerprint density at radius 2 is 1.76 bits per heavy atom. The van der Waals surface area contributed by atoms with E-state index in [9.17, 15) is 19.2 Å². The Hall–Kier alpha value is -3.18. The van der Waals surface area contributed by atoms with Crippen LogP contribution in [0.1, 0.15) is 15.9 Å². The number of amides is 4. The van der Waals surface area contributed by atoms with E-state index in [1.807, 2.05) is 0 Å². The molecular formula is C25H14Br2Cl2N2O6. The molecule has 0 unspecified atom stereocenters. The number of barbiturate groups is 1. The molecule has 0 aliphatic carbocycles. The molecule has 8 nitrogen and oxygen atoms in total. The summed E-state index contributed by atoms with van der Waals surface area (Å²) < 4.78 is 11.8. The number of benzene rings is 3. The number of rotatable bonds is 5. The molecule has 1 aliphatic heterocycles. The topological polar surface area (TPSA) is 102 Å². The van der Waals surface area contributed by atoms with Gasteiger partial charge in [-0.15, -0.1) is 0 Å². The number of ether oxygens (including phenoxy) is 2. The first-order valence-electron chi connectivity index (χ1n) is 10.3. The molecule has 3 aromatic rings. The van der Waals surface area contributed by atoms with Crippen molar-refractivity contribution in [2.24, 2.45) is 0 Å². The van der Waals surface area contributed by atoms with Crippen molar-refractivity contribution in [3.63, 3.8) is 0 Å². The number of urea groups is 1. The number of para-hydroxylation sites is 2. The van der Waals surface area contributed by atoms with Crippen LogP contribution in [0.5, 0.6) is 11.5 Å². The summed E-state index contributed by atoms with van der Waals surface area (Å²) in [7, 11) is 1.39. The lowest BCUT2D eigenvalue weighted by Crippen LogP contribution is -2.54. The van der Waals surface area contributed by atoms with Gasteiger partial charge in [0.15, 0.2) is 5.75 Å². The molecule has 3 aromatic carbocycles. The van der Waals surface area contributed by atoms with Crippen LogP contribution in [-0.4, -0.2) is 30.9 Å². The summed E-state index contributed by atoms with van der Waals surface area (Å²) in [6.45, 7) is 0. The van der Waals surface area contributed by atoms with Crippen LogP contribution in [0.3, 0.4) is 0 Å². The maximum absolute atomic E-state index is 13.4. The normalized spacial score (nSPS) is 14.6. The van der Waals surface area contributed by atoms with E-state index in [4.69, 9.17) is 32.7 Å². The Balaban J connectivity index is 1.78. The summed E-state index contributed by atoms with van der Waals surface area (Å²) in [5.74, 6) is -2.36. The number of methoxy groups -OCH3 is 1. The number of hydrogen-bond acceptors (Lipinski definition) is 6. The minimum absolute atomic E-state index is 0.00746. The second-order valence-corrected chi connectivity index (χ2v) is 10.1. The number of halogens is 4. The summed E-state index contributed by atoms with van der Waals surface area (Å²) >= 11 is 18.7. The molecule has 188 valence electrons. The standard InChI is InChI=1S/C25H14Br2Cl2N2O6/c1-36-20-5-3-2-4-19(20)31-23(33)16(22(32)30-25(31)35)9-12-8-13(26)10-17(27)21(12)37-24(34)15-7-6-14(28)11-18(15)29/h2-11H,1H3,(H,30,32,35)/b16-9-. The smallest absolute Gasteiger partial charge is 0.345 e. The predicted octanol–water partition coefficient (Wildman–Crippen LogP) is 6.41. The molecule has 0 atom stereocenters. The van der Waals surface area contributed by atoms with Gasteiger partial charge in [0.25, 0.3) is 11.8 Å². The molecule has 1 fully saturated rings. The molecule has 0 bridgehead atoms. The van der Waals surface area contributed by atoms with Gasteiger partial charge in [-0.05, 0) is 64.5 Å². The molecule has 12 heteroatoms. The average Bonchev–Trinajstić information content (AvgIpc) is 2.83. The lowest BCUT2D eigenvalue weighted by atomic mass is 10.1. The zero-order valence-corrected chi connectivity index (χ0v) is 23.4. The maximum atomic E-state index is 13.4. The number of anilines is 1. The van der Waals surface area contributed by atoms with Gasteiger partial charge < -0.3 is 9.47 Å². The molecule has 0 radical (unpaired) electrons. The number of imide groups is 2. The SMILES string of the molecule is COc1ccccc1N1C(=O)NC(=O)/C(=C/c2cc(Br)cc(Br)c2OC(=O)c2ccc(Cl)cc2Cl)C1=O. The van der Waals surface area contributed by atoms with Crippen molar-refractivity contribution in [2.45, 2.75) is 0 Å². The largest absolute Gasteiger partial charge is 0.495 e. The van der Waals surface area contributed by atoms with Crippen LogP contribution in [0.4, 0.5) is 10.5 Å². The van der Waals surface area contributed by atoms with Crippen LogP contribution >= 0.6 is 55.1 Å². The number of nitrogens with one attached hydrogen (secondary N) is 1. The van der Waals surface area contributed by atoms with Crippen LogP contribution in [0.15, 0.2) is 69.1 Å². The monoisotopic (exact) mass is 666 g/mol. The molecule has 0 spiro atoms. The van der Waals surface area contributed by atoms with Gasteiger partial charge in [-0.3, -0.25) is 14.9 Å². The molecular weight excluding hydrogens is 655 g/mol. The second-order valence-electron chi connectivity index (χ2n) is 7.45. The van der Waals surface area contributed by atoms with E-state index < -0.39 is 23.8 Å². The summed E-state index contributed by atoms with van der Waals surface area (Å²) in [5, 5.41) is 2.57. The molecule has 1 N–H and O–H groups in total. The fourth-order valence-corrected chi connectivity index (χ4v) is 5.27. The van der Waals surface area contributed by atoms with Crippen molar-refractivity contribution in [1.82, 2.24) is 5.32 Å². The van der Waals surface area contributed by atoms with E-state index in [0.29, 0.717) is 14.0 Å². The molecule has 1 aliphatic rings. The van der Waals surface area contributed by atoms with Gasteiger partial charge in [-0.1, -0.05) is 51.3 Å². The summed E-state index contributed by atoms with van der Waals surface area (Å²) in [6.07, 6.45) is 1.22. The van der Waals surface area contributed by atoms with Gasteiger partial charge in [0.1, 0.15) is 11.3 Å². The fraction of sp³-hybridized carbons (Fsp3) is 0.0400. The summed E-state index contributed by atoms with van der Waals surface area (Å²) in [4.78, 5) is 52.4. The van der Waals surface area contributed by atoms with Gasteiger partial charge in [-0.2, -0.15) is 0 Å². The quantitative estimate of drug-likeness (QED) is 0.146. The maximum Gasteiger partial charge on any atom is 0.345 e. The molecule has 1 heterocycles. The fourth-order valence-electron chi connectivity index (χ4n) is 3.44. The van der Waals surface area contributed by atoms with Crippen LogP contribution in [0, 0.1) is 0 Å². The minimum atomic E-state index is -0.934. The van der Waals surface area contributed by atoms with Gasteiger partial charge in [0.2, 0.25) is 0 Å². The van der Waals surface area contributed by atoms with E-state index in [0.717, 1.165) is 4.90 Å². The number of carbonyl (C=O) groups excluding carboxylic acids is 4. The predicted molar refractivity (Wildman–Crippen MR) is 145 cm³/mol. The van der Waals surface area contributed by atoms with Crippen LogP contribution in [-0.2, 0) is 9.59 Å². The van der Waals surface area contributed by atoms with E-state index in [2.05, 4.69) is 37.2 Å². The third-order valence-corrected chi connectivity index (χ3v) is 6.71. The minimum Gasteiger partial charge on any atom is -0.495 e. The van der Waals surface area contributed by atoms with Crippen molar-refractivity contribution in [3.05, 3.63) is 90.3 Å². The second kappa shape index (κ2) is 11.1. The van der Waals surface area contributed by atoms with Gasteiger partial charge in [0, 0.05) is 15.1 Å². The Bertz CT molecular complexity index is 1510. The van der Waals surface area contributed by atoms with Crippen molar-refractivity contribution >= 4 is 90.6 Å². The van der Waals surface area contributed by atoms with E-state index >= 15 is 0 Å². The van der Waals surface area contributed by atoms with E-state index in [-0.39, 0.29) is 38.9 Å². The summed E-state index contributed by atoms with van der Waals surface area (Å²) in [5.41, 5.74) is 0.00844. The zero-order chi connectivity index (χ0) is 26.9. The molecule has 4 amide bonds. The average molecular weight is 669 g/mol. The number of esters is 1. The molecule has 37 heavy (non-hydrogen) atoms. The van der Waals surface area contributed by atoms with Crippen LogP contribution in [0.25, 0.3) is 6.08 Å². The van der Waals surface area contributed by atoms with Crippen molar-refractivity contribution in [2.75, 3.05) is 12.0 Å². The molecule has 0 saturated carbocycles. The Labute approximate surface area is 237 Å². The van der Waals surface area contributed by atoms with E-state index in [1.165, 1.54) is 43.5 Å². The molecule has 0 aromatic heterocycles. The van der Waals surface area contributed by atoms with Crippen molar-refractivity contribution < 1.29 is 28.7 Å². The highest BCUT2D eigenvalue weighted by atomic mass is 79.9. The lowest BCUT2D eigenvalue weighted by Gasteiger charge is -2.27. The lowest BCUT2D eigenvalue weighted by molar-refractivity contribution is -0.122. The zero-order valence-electron chi connectivity index (χ0n) is 18.7. The van der Waals surface area contributed by atoms with Gasteiger partial charge >= 0.3 is 12.0 Å². The number of carbonyl (C=O) groups is 4. The Morgan fingerprint density at radius 3 is 2.46 bits per heavy atom. The third kappa shape index (κ3) is 5.57. The molecule has 4 rings (SSSR count). The molecule has 1 saturated heterocycles. The van der Waals surface area contributed by atoms with Crippen molar-refractivity contribution in [1.29, 1.82) is 0 Å². The number of nitrogens with zero attached hydrogens (tertiary/aromatic N) is 1. The highest BCUT2D eigenvalue weighted by Crippen LogP contribution is 2.37. The highest BCUT2D eigenvalue weighted by Gasteiger charge is 2.38.